The van der Waals surface area contributed by atoms with E-state index in [2.05, 4.69) is 22.4 Å². The lowest BCUT2D eigenvalue weighted by Crippen LogP contribution is -2.28. The molecule has 2 unspecified atom stereocenters. The van der Waals surface area contributed by atoms with Gasteiger partial charge in [-0.05, 0) is 38.0 Å². The summed E-state index contributed by atoms with van der Waals surface area (Å²) in [4.78, 5) is 0. The zero-order valence-corrected chi connectivity index (χ0v) is 11.7. The lowest BCUT2D eigenvalue weighted by atomic mass is 9.88. The van der Waals surface area contributed by atoms with Crippen LogP contribution in [0.1, 0.15) is 50.5 Å². The quantitative estimate of drug-likeness (QED) is 0.891. The van der Waals surface area contributed by atoms with Gasteiger partial charge in [-0.2, -0.15) is 0 Å². The summed E-state index contributed by atoms with van der Waals surface area (Å²) in [5.74, 6) is 0.649. The van der Waals surface area contributed by atoms with Gasteiger partial charge in [0.2, 0.25) is 0 Å². The molecule has 0 amide bonds. The van der Waals surface area contributed by atoms with Crippen molar-refractivity contribution in [3.63, 3.8) is 0 Å². The fourth-order valence-corrected chi connectivity index (χ4v) is 3.16. The molecular weight excluding hydrogens is 246 g/mol. The second-order valence-electron chi connectivity index (χ2n) is 5.53. The second-order valence-corrected chi connectivity index (χ2v) is 6.56. The minimum Gasteiger partial charge on any atom is -0.465 e. The Morgan fingerprint density at radius 3 is 2.83 bits per heavy atom. The van der Waals surface area contributed by atoms with Gasteiger partial charge in [0.05, 0.1) is 6.54 Å². The Bertz CT molecular complexity index is 391. The number of ether oxygens (including phenoxy) is 1. The molecule has 2 aliphatic carbocycles. The molecule has 4 nitrogen and oxygen atoms in total. The highest BCUT2D eigenvalue weighted by Crippen LogP contribution is 2.29. The SMILES string of the molecule is CC1CCCCC1Oc1nnc(CNC2CC2)s1. The number of hydrogen-bond donors (Lipinski definition) is 1. The van der Waals surface area contributed by atoms with E-state index in [-0.39, 0.29) is 0 Å². The zero-order valence-electron chi connectivity index (χ0n) is 10.9. The van der Waals surface area contributed by atoms with Crippen molar-refractivity contribution < 1.29 is 4.74 Å². The molecule has 1 heterocycles. The molecule has 2 atom stereocenters. The van der Waals surface area contributed by atoms with Crippen molar-refractivity contribution in [3.8, 4) is 5.19 Å². The predicted molar refractivity (Wildman–Crippen MR) is 71.8 cm³/mol. The van der Waals surface area contributed by atoms with Crippen LogP contribution < -0.4 is 10.1 Å². The largest absolute Gasteiger partial charge is 0.465 e. The summed E-state index contributed by atoms with van der Waals surface area (Å²) in [6, 6.07) is 0.719. The minimum atomic E-state index is 0.343. The topological polar surface area (TPSA) is 47.0 Å². The van der Waals surface area contributed by atoms with Crippen molar-refractivity contribution in [2.24, 2.45) is 5.92 Å². The molecule has 0 radical (unpaired) electrons. The highest BCUT2D eigenvalue weighted by atomic mass is 32.1. The van der Waals surface area contributed by atoms with E-state index in [9.17, 15) is 0 Å². The van der Waals surface area contributed by atoms with Crippen LogP contribution in [-0.4, -0.2) is 22.3 Å². The van der Waals surface area contributed by atoms with E-state index in [1.54, 1.807) is 11.3 Å². The molecule has 2 saturated carbocycles. The Labute approximate surface area is 112 Å². The van der Waals surface area contributed by atoms with Gasteiger partial charge in [0.1, 0.15) is 11.1 Å². The van der Waals surface area contributed by atoms with Crippen molar-refractivity contribution in [3.05, 3.63) is 5.01 Å². The molecule has 100 valence electrons. The summed E-state index contributed by atoms with van der Waals surface area (Å²) in [6.45, 7) is 3.12. The fraction of sp³-hybridized carbons (Fsp3) is 0.846. The summed E-state index contributed by atoms with van der Waals surface area (Å²) in [5, 5.41) is 13.6. The Morgan fingerprint density at radius 2 is 2.06 bits per heavy atom. The van der Waals surface area contributed by atoms with Crippen LogP contribution in [0, 0.1) is 5.92 Å². The van der Waals surface area contributed by atoms with E-state index >= 15 is 0 Å². The van der Waals surface area contributed by atoms with Crippen molar-refractivity contribution in [1.82, 2.24) is 15.5 Å². The van der Waals surface area contributed by atoms with Crippen molar-refractivity contribution in [2.75, 3.05) is 0 Å². The van der Waals surface area contributed by atoms with Crippen LogP contribution in [0.2, 0.25) is 0 Å². The summed E-state index contributed by atoms with van der Waals surface area (Å²) in [7, 11) is 0. The van der Waals surface area contributed by atoms with Crippen LogP contribution in [0.3, 0.4) is 0 Å². The summed E-state index contributed by atoms with van der Waals surface area (Å²) < 4.78 is 5.99. The molecule has 18 heavy (non-hydrogen) atoms. The Kier molecular flexibility index (Phi) is 3.80. The van der Waals surface area contributed by atoms with Gasteiger partial charge in [0, 0.05) is 6.04 Å². The van der Waals surface area contributed by atoms with Crippen LogP contribution in [0.4, 0.5) is 0 Å². The van der Waals surface area contributed by atoms with E-state index in [4.69, 9.17) is 4.74 Å². The third-order valence-electron chi connectivity index (χ3n) is 3.85. The number of nitrogens with one attached hydrogen (secondary N) is 1. The molecule has 0 bridgehead atoms. The molecule has 0 spiro atoms. The van der Waals surface area contributed by atoms with E-state index in [0.717, 1.165) is 29.2 Å². The monoisotopic (exact) mass is 267 g/mol. The maximum Gasteiger partial charge on any atom is 0.294 e. The van der Waals surface area contributed by atoms with Gasteiger partial charge in [0.25, 0.3) is 5.19 Å². The first-order valence-corrected chi connectivity index (χ1v) is 7.85. The van der Waals surface area contributed by atoms with Gasteiger partial charge in [-0.25, -0.2) is 0 Å². The van der Waals surface area contributed by atoms with Crippen LogP contribution in [-0.2, 0) is 6.54 Å². The summed E-state index contributed by atoms with van der Waals surface area (Å²) in [6.07, 6.45) is 8.02. The van der Waals surface area contributed by atoms with Crippen molar-refractivity contribution >= 4 is 11.3 Å². The van der Waals surface area contributed by atoms with Crippen molar-refractivity contribution in [2.45, 2.75) is 64.1 Å². The lowest BCUT2D eigenvalue weighted by Gasteiger charge is -2.27. The van der Waals surface area contributed by atoms with E-state index in [1.165, 1.54) is 32.1 Å². The third kappa shape index (κ3) is 3.20. The highest BCUT2D eigenvalue weighted by molar-refractivity contribution is 7.13. The Morgan fingerprint density at radius 1 is 1.22 bits per heavy atom. The Hall–Kier alpha value is -0.680. The maximum absolute atomic E-state index is 5.99. The maximum atomic E-state index is 5.99. The van der Waals surface area contributed by atoms with E-state index < -0.39 is 0 Å². The Balaban J connectivity index is 1.51. The van der Waals surface area contributed by atoms with Crippen molar-refractivity contribution in [1.29, 1.82) is 0 Å². The van der Waals surface area contributed by atoms with Crippen LogP contribution in [0.5, 0.6) is 5.19 Å². The standard InChI is InChI=1S/C13H21N3OS/c1-9-4-2-3-5-11(9)17-13-16-15-12(18-13)8-14-10-6-7-10/h9-11,14H,2-8H2,1H3. The summed E-state index contributed by atoms with van der Waals surface area (Å²) >= 11 is 1.59. The molecule has 0 saturated heterocycles. The fourth-order valence-electron chi connectivity index (χ4n) is 2.46. The predicted octanol–water partition coefficient (Wildman–Crippen LogP) is 2.75. The van der Waals surface area contributed by atoms with E-state index in [0.29, 0.717) is 12.0 Å². The molecule has 2 aliphatic rings. The first-order valence-electron chi connectivity index (χ1n) is 7.03. The van der Waals surface area contributed by atoms with E-state index in [1.807, 2.05) is 0 Å². The first-order chi connectivity index (χ1) is 8.81. The van der Waals surface area contributed by atoms with Crippen LogP contribution in [0.25, 0.3) is 0 Å². The van der Waals surface area contributed by atoms with Gasteiger partial charge in [-0.3, -0.25) is 0 Å². The number of nitrogens with zero attached hydrogens (tertiary/aromatic N) is 2. The minimum absolute atomic E-state index is 0.343. The molecule has 0 aromatic carbocycles. The number of rotatable bonds is 5. The lowest BCUT2D eigenvalue weighted by molar-refractivity contribution is 0.101. The average Bonchev–Trinajstić information content (AvgIpc) is 3.10. The van der Waals surface area contributed by atoms with Gasteiger partial charge >= 0.3 is 0 Å². The molecule has 2 fully saturated rings. The number of hydrogen-bond acceptors (Lipinski definition) is 5. The van der Waals surface area contributed by atoms with Gasteiger partial charge in [0.15, 0.2) is 0 Å². The smallest absolute Gasteiger partial charge is 0.294 e. The van der Waals surface area contributed by atoms with Gasteiger partial charge in [-0.15, -0.1) is 5.10 Å². The molecule has 0 aliphatic heterocycles. The average molecular weight is 267 g/mol. The molecule has 1 aromatic rings. The number of aromatic nitrogens is 2. The summed E-state index contributed by atoms with van der Waals surface area (Å²) in [5.41, 5.74) is 0. The normalized spacial score (nSPS) is 28.3. The molecular formula is C13H21N3OS. The second kappa shape index (κ2) is 5.53. The van der Waals surface area contributed by atoms with Gasteiger partial charge in [-0.1, -0.05) is 29.8 Å². The van der Waals surface area contributed by atoms with Crippen LogP contribution in [0.15, 0.2) is 0 Å². The molecule has 3 rings (SSSR count). The molecule has 1 aromatic heterocycles. The van der Waals surface area contributed by atoms with Crippen LogP contribution >= 0.6 is 11.3 Å². The third-order valence-corrected chi connectivity index (χ3v) is 4.67. The highest BCUT2D eigenvalue weighted by Gasteiger charge is 2.24. The van der Waals surface area contributed by atoms with Gasteiger partial charge < -0.3 is 10.1 Å². The molecule has 1 N–H and O–H groups in total. The zero-order chi connectivity index (χ0) is 12.4. The first kappa shape index (κ1) is 12.4. The molecule has 5 heteroatoms.